The van der Waals surface area contributed by atoms with Gasteiger partial charge in [-0.2, -0.15) is 0 Å². The van der Waals surface area contributed by atoms with Gasteiger partial charge in [0.2, 0.25) is 0 Å². The first-order valence-electron chi connectivity index (χ1n) is 5.30. The Balaban J connectivity index is 3.88. The summed E-state index contributed by atoms with van der Waals surface area (Å²) in [5.74, 6) is 0. The van der Waals surface area contributed by atoms with Gasteiger partial charge >= 0.3 is 0 Å². The fraction of sp³-hybridized carbons (Fsp3) is 0.455. The number of nitro benzene ring substituents is 2. The van der Waals surface area contributed by atoms with Crippen LogP contribution in [0.15, 0.2) is 0 Å². The van der Waals surface area contributed by atoms with Crippen LogP contribution in [-0.4, -0.2) is 15.0 Å². The van der Waals surface area contributed by atoms with E-state index in [1.165, 1.54) is 27.7 Å². The van der Waals surface area contributed by atoms with Crippen molar-refractivity contribution in [2.75, 3.05) is 0 Å². The lowest BCUT2D eigenvalue weighted by Crippen LogP contribution is -2.09. The van der Waals surface area contributed by atoms with Crippen LogP contribution in [0, 0.1) is 41.0 Å². The van der Waals surface area contributed by atoms with Gasteiger partial charge in [-0.3, -0.25) is 20.2 Å². The van der Waals surface area contributed by atoms with E-state index in [9.17, 15) is 25.3 Å². The number of benzene rings is 1. The Kier molecular flexibility index (Phi) is 3.66. The Morgan fingerprint density at radius 3 is 1.50 bits per heavy atom. The number of aliphatic hydroxyl groups excluding tert-OH is 1. The molecule has 1 unspecified atom stereocenters. The van der Waals surface area contributed by atoms with E-state index in [0.29, 0.717) is 0 Å². The molecule has 0 spiro atoms. The summed E-state index contributed by atoms with van der Waals surface area (Å²) in [4.78, 5) is 20.7. The lowest BCUT2D eigenvalue weighted by atomic mass is 9.92. The molecule has 0 aliphatic carbocycles. The monoisotopic (exact) mass is 254 g/mol. The maximum atomic E-state index is 11.0. The van der Waals surface area contributed by atoms with Gasteiger partial charge in [0.25, 0.3) is 11.4 Å². The van der Waals surface area contributed by atoms with E-state index < -0.39 is 16.0 Å². The summed E-state index contributed by atoms with van der Waals surface area (Å²) in [7, 11) is 0. The average molecular weight is 254 g/mol. The molecule has 7 nitrogen and oxygen atoms in total. The van der Waals surface area contributed by atoms with Crippen molar-refractivity contribution >= 4 is 11.4 Å². The van der Waals surface area contributed by atoms with Crippen molar-refractivity contribution in [1.29, 1.82) is 0 Å². The molecule has 0 radical (unpaired) electrons. The fourth-order valence-corrected chi connectivity index (χ4v) is 2.39. The Labute approximate surface area is 103 Å². The predicted molar refractivity (Wildman–Crippen MR) is 64.6 cm³/mol. The number of nitrogens with zero attached hydrogens (tertiary/aromatic N) is 2. The molecular formula is C11H14N2O5. The molecule has 1 rings (SSSR count). The maximum Gasteiger partial charge on any atom is 0.282 e. The zero-order valence-electron chi connectivity index (χ0n) is 10.6. The van der Waals surface area contributed by atoms with Crippen LogP contribution in [0.4, 0.5) is 11.4 Å². The zero-order chi connectivity index (χ0) is 14.2. The van der Waals surface area contributed by atoms with Gasteiger partial charge in [0.15, 0.2) is 0 Å². The van der Waals surface area contributed by atoms with Gasteiger partial charge in [0.05, 0.1) is 16.0 Å². The van der Waals surface area contributed by atoms with Crippen molar-refractivity contribution in [2.24, 2.45) is 0 Å². The van der Waals surface area contributed by atoms with Gasteiger partial charge in [-0.1, -0.05) is 0 Å². The Hall–Kier alpha value is -2.02. The number of nitro groups is 2. The summed E-state index contributed by atoms with van der Waals surface area (Å²) in [5.41, 5.74) is 0.209. The van der Waals surface area contributed by atoms with Crippen LogP contribution in [0.5, 0.6) is 0 Å². The molecule has 0 fully saturated rings. The highest BCUT2D eigenvalue weighted by atomic mass is 16.6. The molecule has 18 heavy (non-hydrogen) atoms. The highest BCUT2D eigenvalue weighted by molar-refractivity contribution is 5.65. The molecule has 1 N–H and O–H groups in total. The highest BCUT2D eigenvalue weighted by Crippen LogP contribution is 2.39. The normalized spacial score (nSPS) is 12.3. The van der Waals surface area contributed by atoms with Crippen molar-refractivity contribution in [3.05, 3.63) is 42.5 Å². The van der Waals surface area contributed by atoms with E-state index in [2.05, 4.69) is 0 Å². The molecule has 0 saturated heterocycles. The standard InChI is InChI=1S/C11H14N2O5/c1-5-9(8(4)14)6(2)11(13(17)18)7(3)10(5)12(15)16/h8,14H,1-4H3. The summed E-state index contributed by atoms with van der Waals surface area (Å²) in [5, 5.41) is 31.7. The second kappa shape index (κ2) is 4.69. The zero-order valence-corrected chi connectivity index (χ0v) is 10.6. The van der Waals surface area contributed by atoms with E-state index in [1.807, 2.05) is 0 Å². The van der Waals surface area contributed by atoms with Gasteiger partial charge in [0, 0.05) is 11.1 Å². The Morgan fingerprint density at radius 2 is 1.28 bits per heavy atom. The number of rotatable bonds is 3. The van der Waals surface area contributed by atoms with Crippen molar-refractivity contribution in [3.63, 3.8) is 0 Å². The summed E-state index contributed by atoms with van der Waals surface area (Å²) in [6.45, 7) is 5.76. The van der Waals surface area contributed by atoms with Crippen LogP contribution in [0.2, 0.25) is 0 Å². The third-order valence-corrected chi connectivity index (χ3v) is 3.01. The molecule has 0 saturated carbocycles. The second-order valence-corrected chi connectivity index (χ2v) is 4.18. The van der Waals surface area contributed by atoms with E-state index in [4.69, 9.17) is 0 Å². The largest absolute Gasteiger partial charge is 0.389 e. The molecule has 1 aromatic rings. The number of hydrogen-bond acceptors (Lipinski definition) is 5. The Morgan fingerprint density at radius 1 is 0.944 bits per heavy atom. The van der Waals surface area contributed by atoms with Gasteiger partial charge in [-0.25, -0.2) is 0 Å². The minimum atomic E-state index is -0.997. The lowest BCUT2D eigenvalue weighted by Gasteiger charge is -2.15. The summed E-state index contributed by atoms with van der Waals surface area (Å²) in [6, 6.07) is 0. The quantitative estimate of drug-likeness (QED) is 0.658. The van der Waals surface area contributed by atoms with E-state index >= 15 is 0 Å². The molecule has 0 amide bonds. The Bertz CT molecular complexity index is 496. The number of hydrogen-bond donors (Lipinski definition) is 1. The van der Waals surface area contributed by atoms with Crippen molar-refractivity contribution in [3.8, 4) is 0 Å². The molecule has 7 heteroatoms. The average Bonchev–Trinajstić information content (AvgIpc) is 2.14. The minimum absolute atomic E-state index is 0.0180. The number of aliphatic hydroxyl groups is 1. The first-order valence-corrected chi connectivity index (χ1v) is 5.30. The third kappa shape index (κ3) is 2.04. The van der Waals surface area contributed by atoms with Crippen LogP contribution in [0.3, 0.4) is 0 Å². The van der Waals surface area contributed by atoms with Gasteiger partial charge in [-0.15, -0.1) is 0 Å². The van der Waals surface area contributed by atoms with Crippen LogP contribution >= 0.6 is 0 Å². The smallest absolute Gasteiger partial charge is 0.282 e. The molecular weight excluding hydrogens is 240 g/mol. The fourth-order valence-electron chi connectivity index (χ4n) is 2.39. The minimum Gasteiger partial charge on any atom is -0.389 e. The predicted octanol–water partition coefficient (Wildman–Crippen LogP) is 2.48. The van der Waals surface area contributed by atoms with Crippen molar-refractivity contribution in [1.82, 2.24) is 0 Å². The highest BCUT2D eigenvalue weighted by Gasteiger charge is 2.31. The molecule has 0 aromatic heterocycles. The SMILES string of the molecule is Cc1c(C(C)O)c(C)c([N+](=O)[O-])c(C)c1[N+](=O)[O-]. The van der Waals surface area contributed by atoms with Gasteiger partial charge in [-0.05, 0) is 33.3 Å². The summed E-state index contributed by atoms with van der Waals surface area (Å²) in [6.07, 6.45) is -0.997. The first kappa shape index (κ1) is 14.0. The third-order valence-electron chi connectivity index (χ3n) is 3.01. The summed E-state index contributed by atoms with van der Waals surface area (Å²) >= 11 is 0. The van der Waals surface area contributed by atoms with E-state index in [0.717, 1.165) is 0 Å². The molecule has 0 aliphatic rings. The van der Waals surface area contributed by atoms with E-state index in [1.54, 1.807) is 0 Å². The first-order chi connectivity index (χ1) is 8.20. The van der Waals surface area contributed by atoms with Crippen molar-refractivity contribution < 1.29 is 15.0 Å². The van der Waals surface area contributed by atoms with Crippen LogP contribution in [0.1, 0.15) is 35.3 Å². The van der Waals surface area contributed by atoms with Crippen LogP contribution < -0.4 is 0 Å². The second-order valence-electron chi connectivity index (χ2n) is 4.18. The molecule has 0 aliphatic heterocycles. The molecule has 1 atom stereocenters. The molecule has 1 aromatic carbocycles. The maximum absolute atomic E-state index is 11.0. The van der Waals surface area contributed by atoms with Crippen LogP contribution in [-0.2, 0) is 0 Å². The molecule has 0 bridgehead atoms. The lowest BCUT2D eigenvalue weighted by molar-refractivity contribution is -0.396. The van der Waals surface area contributed by atoms with Gasteiger partial charge in [0.1, 0.15) is 5.56 Å². The molecule has 0 heterocycles. The molecule has 98 valence electrons. The summed E-state index contributed by atoms with van der Waals surface area (Å²) < 4.78 is 0. The van der Waals surface area contributed by atoms with Crippen LogP contribution in [0.25, 0.3) is 0 Å². The van der Waals surface area contributed by atoms with E-state index in [-0.39, 0.29) is 33.6 Å². The van der Waals surface area contributed by atoms with Gasteiger partial charge < -0.3 is 5.11 Å². The van der Waals surface area contributed by atoms with Crippen molar-refractivity contribution in [2.45, 2.75) is 33.8 Å². The topological polar surface area (TPSA) is 107 Å².